The lowest BCUT2D eigenvalue weighted by atomic mass is 10.0. The zero-order chi connectivity index (χ0) is 13.7. The van der Waals surface area contributed by atoms with Gasteiger partial charge in [-0.3, -0.25) is 9.58 Å². The minimum Gasteiger partial charge on any atom is -0.326 e. The first-order valence-corrected chi connectivity index (χ1v) is 6.37. The average molecular weight is 249 g/mol. The van der Waals surface area contributed by atoms with E-state index in [1.54, 1.807) is 4.68 Å². The Kier molecular flexibility index (Phi) is 5.32. The van der Waals surface area contributed by atoms with E-state index >= 15 is 0 Å². The number of hydrogen-bond acceptors (Lipinski definition) is 4. The fraction of sp³-hybridized carbons (Fsp3) is 0.692. The van der Waals surface area contributed by atoms with Gasteiger partial charge in [0.2, 0.25) is 0 Å². The van der Waals surface area contributed by atoms with E-state index < -0.39 is 0 Å². The van der Waals surface area contributed by atoms with Crippen molar-refractivity contribution in [3.05, 3.63) is 18.0 Å². The lowest BCUT2D eigenvalue weighted by Gasteiger charge is -2.33. The van der Waals surface area contributed by atoms with Gasteiger partial charge >= 0.3 is 0 Å². The number of nitriles is 1. The van der Waals surface area contributed by atoms with Crippen molar-refractivity contribution >= 4 is 0 Å². The van der Waals surface area contributed by atoms with Gasteiger partial charge in [0.15, 0.2) is 0 Å². The van der Waals surface area contributed by atoms with E-state index in [1.807, 2.05) is 33.3 Å². The fourth-order valence-electron chi connectivity index (χ4n) is 2.27. The number of nitrogens with zero attached hydrogens (tertiary/aromatic N) is 4. The third kappa shape index (κ3) is 3.56. The Morgan fingerprint density at radius 3 is 2.61 bits per heavy atom. The predicted molar refractivity (Wildman–Crippen MR) is 71.6 cm³/mol. The summed E-state index contributed by atoms with van der Waals surface area (Å²) in [6, 6.07) is 2.39. The molecule has 1 rings (SSSR count). The fourth-order valence-corrected chi connectivity index (χ4v) is 2.27. The molecule has 0 aliphatic carbocycles. The summed E-state index contributed by atoms with van der Waals surface area (Å²) < 4.78 is 1.78. The molecule has 0 aromatic carbocycles. The molecule has 2 N–H and O–H groups in total. The van der Waals surface area contributed by atoms with E-state index in [4.69, 9.17) is 11.0 Å². The molecule has 18 heavy (non-hydrogen) atoms. The Morgan fingerprint density at radius 1 is 1.56 bits per heavy atom. The van der Waals surface area contributed by atoms with Crippen molar-refractivity contribution in [3.8, 4) is 6.07 Å². The number of rotatable bonds is 6. The molecule has 5 heteroatoms. The first-order chi connectivity index (χ1) is 8.49. The number of aryl methyl sites for hydroxylation is 1. The maximum Gasteiger partial charge on any atom is 0.0666 e. The first kappa shape index (κ1) is 14.7. The molecule has 5 nitrogen and oxygen atoms in total. The first-order valence-electron chi connectivity index (χ1n) is 6.37. The highest BCUT2D eigenvalue weighted by atomic mass is 15.3. The van der Waals surface area contributed by atoms with Crippen LogP contribution in [0.5, 0.6) is 0 Å². The number of nitrogens with two attached hydrogens (primary N) is 1. The number of likely N-dealkylation sites (N-methyl/N-ethyl adjacent to an activating group) is 1. The molecule has 0 radical (unpaired) electrons. The summed E-state index contributed by atoms with van der Waals surface area (Å²) in [5, 5.41) is 13.2. The van der Waals surface area contributed by atoms with Crippen molar-refractivity contribution in [1.29, 1.82) is 5.26 Å². The molecular weight excluding hydrogens is 226 g/mol. The summed E-state index contributed by atoms with van der Waals surface area (Å²) in [4.78, 5) is 2.25. The Balaban J connectivity index is 2.92. The predicted octanol–water partition coefficient (Wildman–Crippen LogP) is 1.29. The molecule has 1 aromatic heterocycles. The molecule has 0 aliphatic heterocycles. The van der Waals surface area contributed by atoms with E-state index in [0.29, 0.717) is 0 Å². The van der Waals surface area contributed by atoms with Crippen LogP contribution in [0.1, 0.15) is 32.4 Å². The highest BCUT2D eigenvalue weighted by Gasteiger charge is 2.25. The lowest BCUT2D eigenvalue weighted by Crippen LogP contribution is -2.41. The second-order valence-electron chi connectivity index (χ2n) is 4.87. The van der Waals surface area contributed by atoms with E-state index in [2.05, 4.69) is 23.0 Å². The maximum absolute atomic E-state index is 8.95. The van der Waals surface area contributed by atoms with Crippen LogP contribution in [0, 0.1) is 17.2 Å². The number of aromatic nitrogens is 2. The molecule has 1 aromatic rings. The van der Waals surface area contributed by atoms with Crippen molar-refractivity contribution in [1.82, 2.24) is 14.7 Å². The molecule has 0 amide bonds. The van der Waals surface area contributed by atoms with E-state index in [0.717, 1.165) is 18.7 Å². The minimum absolute atomic E-state index is 0.0000397. The molecule has 3 atom stereocenters. The molecule has 0 fully saturated rings. The third-order valence-electron chi connectivity index (χ3n) is 3.09. The summed E-state index contributed by atoms with van der Waals surface area (Å²) >= 11 is 0. The molecule has 0 saturated heterocycles. The van der Waals surface area contributed by atoms with Crippen LogP contribution in [-0.4, -0.2) is 33.8 Å². The van der Waals surface area contributed by atoms with Crippen molar-refractivity contribution < 1.29 is 0 Å². The van der Waals surface area contributed by atoms with Gasteiger partial charge in [-0.25, -0.2) is 0 Å². The van der Waals surface area contributed by atoms with Crippen LogP contribution < -0.4 is 5.73 Å². The molecule has 3 unspecified atom stereocenters. The van der Waals surface area contributed by atoms with Gasteiger partial charge in [0.25, 0.3) is 0 Å². The van der Waals surface area contributed by atoms with Gasteiger partial charge < -0.3 is 5.73 Å². The van der Waals surface area contributed by atoms with Gasteiger partial charge in [-0.1, -0.05) is 6.92 Å². The van der Waals surface area contributed by atoms with Gasteiger partial charge in [-0.15, -0.1) is 0 Å². The van der Waals surface area contributed by atoms with Crippen molar-refractivity contribution in [3.63, 3.8) is 0 Å². The summed E-state index contributed by atoms with van der Waals surface area (Å²) in [7, 11) is 1.90. The third-order valence-corrected chi connectivity index (χ3v) is 3.09. The van der Waals surface area contributed by atoms with Crippen LogP contribution in [-0.2, 0) is 7.05 Å². The second-order valence-corrected chi connectivity index (χ2v) is 4.87. The zero-order valence-electron chi connectivity index (χ0n) is 11.7. The maximum atomic E-state index is 8.95. The quantitative estimate of drug-likeness (QED) is 0.824. The van der Waals surface area contributed by atoms with Crippen molar-refractivity contribution in [2.75, 3.05) is 13.1 Å². The normalized spacial score (nSPS) is 16.3. The highest BCUT2D eigenvalue weighted by molar-refractivity contribution is 5.13. The number of hydrogen-bond donors (Lipinski definition) is 1. The minimum atomic E-state index is 0.0000397. The Hall–Kier alpha value is -1.38. The van der Waals surface area contributed by atoms with E-state index in [1.165, 1.54) is 0 Å². The van der Waals surface area contributed by atoms with Gasteiger partial charge in [0.05, 0.1) is 24.2 Å². The topological polar surface area (TPSA) is 70.9 Å². The summed E-state index contributed by atoms with van der Waals surface area (Å²) in [6.45, 7) is 7.62. The van der Waals surface area contributed by atoms with Gasteiger partial charge in [0.1, 0.15) is 0 Å². The van der Waals surface area contributed by atoms with Gasteiger partial charge in [-0.2, -0.15) is 10.4 Å². The van der Waals surface area contributed by atoms with Crippen LogP contribution in [0.15, 0.2) is 12.4 Å². The summed E-state index contributed by atoms with van der Waals surface area (Å²) in [5.41, 5.74) is 7.22. The standard InChI is InChI=1S/C13H23N5/c1-5-18(8-10(2)6-14)13(11(3)15)12-7-16-17(4)9-12/h7,9-11,13H,5,8,15H2,1-4H3. The Morgan fingerprint density at radius 2 is 2.22 bits per heavy atom. The van der Waals surface area contributed by atoms with E-state index in [9.17, 15) is 0 Å². The monoisotopic (exact) mass is 249 g/mol. The molecule has 0 bridgehead atoms. The van der Waals surface area contributed by atoms with Crippen LogP contribution >= 0.6 is 0 Å². The van der Waals surface area contributed by atoms with Crippen LogP contribution in [0.25, 0.3) is 0 Å². The van der Waals surface area contributed by atoms with Crippen LogP contribution in [0.3, 0.4) is 0 Å². The summed E-state index contributed by atoms with van der Waals surface area (Å²) in [6.07, 6.45) is 3.85. The van der Waals surface area contributed by atoms with Gasteiger partial charge in [0, 0.05) is 31.4 Å². The smallest absolute Gasteiger partial charge is 0.0666 e. The summed E-state index contributed by atoms with van der Waals surface area (Å²) in [5.74, 6) is 0.00266. The largest absolute Gasteiger partial charge is 0.326 e. The van der Waals surface area contributed by atoms with Crippen LogP contribution in [0.4, 0.5) is 0 Å². The zero-order valence-corrected chi connectivity index (χ0v) is 11.7. The highest BCUT2D eigenvalue weighted by Crippen LogP contribution is 2.23. The average Bonchev–Trinajstić information content (AvgIpc) is 2.73. The SMILES string of the molecule is CCN(CC(C)C#N)C(c1cnn(C)c1)C(C)N. The molecule has 0 spiro atoms. The Bertz CT molecular complexity index is 404. The van der Waals surface area contributed by atoms with Crippen LogP contribution in [0.2, 0.25) is 0 Å². The molecule has 100 valence electrons. The molecular formula is C13H23N5. The second kappa shape index (κ2) is 6.53. The van der Waals surface area contributed by atoms with Gasteiger partial charge in [-0.05, 0) is 20.4 Å². The van der Waals surface area contributed by atoms with E-state index in [-0.39, 0.29) is 18.0 Å². The van der Waals surface area contributed by atoms with Crippen molar-refractivity contribution in [2.45, 2.75) is 32.9 Å². The lowest BCUT2D eigenvalue weighted by molar-refractivity contribution is 0.173. The molecule has 0 saturated carbocycles. The Labute approximate surface area is 109 Å². The molecule has 1 heterocycles. The molecule has 0 aliphatic rings. The van der Waals surface area contributed by atoms with Crippen molar-refractivity contribution in [2.24, 2.45) is 18.7 Å².